The first kappa shape index (κ1) is 17.3. The van der Waals surface area contributed by atoms with Gasteiger partial charge in [0.25, 0.3) is 0 Å². The van der Waals surface area contributed by atoms with Crippen LogP contribution in [0.3, 0.4) is 0 Å². The quantitative estimate of drug-likeness (QED) is 0.778. The van der Waals surface area contributed by atoms with Crippen LogP contribution in [0.15, 0.2) is 18.5 Å². The second-order valence-electron chi connectivity index (χ2n) is 6.59. The lowest BCUT2D eigenvalue weighted by Gasteiger charge is -2.28. The van der Waals surface area contributed by atoms with Gasteiger partial charge in [0.05, 0.1) is 14.2 Å². The maximum atomic E-state index is 5.51. The number of benzene rings is 1. The van der Waals surface area contributed by atoms with Crippen molar-refractivity contribution in [1.82, 2.24) is 9.97 Å². The van der Waals surface area contributed by atoms with E-state index in [2.05, 4.69) is 42.6 Å². The molecule has 126 valence electrons. The van der Waals surface area contributed by atoms with Gasteiger partial charge in [-0.05, 0) is 24.0 Å². The zero-order valence-corrected chi connectivity index (χ0v) is 15.0. The zero-order valence-electron chi connectivity index (χ0n) is 15.0. The van der Waals surface area contributed by atoms with E-state index in [0.717, 1.165) is 29.8 Å². The van der Waals surface area contributed by atoms with Crippen molar-refractivity contribution in [3.05, 3.63) is 18.5 Å². The molecule has 0 aliphatic rings. The fourth-order valence-electron chi connectivity index (χ4n) is 2.81. The van der Waals surface area contributed by atoms with Crippen LogP contribution in [0.1, 0.15) is 27.7 Å². The number of aromatic nitrogens is 2. The van der Waals surface area contributed by atoms with E-state index in [1.807, 2.05) is 12.1 Å². The summed E-state index contributed by atoms with van der Waals surface area (Å²) >= 11 is 0. The molecular formula is C18H27N3O2. The molecule has 5 heteroatoms. The minimum absolute atomic E-state index is 0.555. The first-order valence-electron chi connectivity index (χ1n) is 8.08. The summed E-state index contributed by atoms with van der Waals surface area (Å²) in [6, 6.07) is 3.93. The van der Waals surface area contributed by atoms with E-state index in [9.17, 15) is 0 Å². The second-order valence-corrected chi connectivity index (χ2v) is 6.59. The molecule has 0 unspecified atom stereocenters. The van der Waals surface area contributed by atoms with E-state index in [4.69, 9.17) is 9.47 Å². The minimum atomic E-state index is 0.555. The normalized spacial score (nSPS) is 11.3. The predicted molar refractivity (Wildman–Crippen MR) is 94.5 cm³/mol. The molecule has 0 saturated heterocycles. The molecule has 0 radical (unpaired) electrons. The molecule has 1 aromatic heterocycles. The van der Waals surface area contributed by atoms with Gasteiger partial charge >= 0.3 is 0 Å². The van der Waals surface area contributed by atoms with Crippen molar-refractivity contribution < 1.29 is 9.47 Å². The highest BCUT2D eigenvalue weighted by molar-refractivity contribution is 5.95. The van der Waals surface area contributed by atoms with Gasteiger partial charge in [-0.2, -0.15) is 0 Å². The van der Waals surface area contributed by atoms with Crippen LogP contribution in [-0.4, -0.2) is 37.3 Å². The number of ether oxygens (including phenoxy) is 2. The summed E-state index contributed by atoms with van der Waals surface area (Å²) in [7, 11) is 3.27. The van der Waals surface area contributed by atoms with Crippen molar-refractivity contribution in [3.63, 3.8) is 0 Å². The number of nitrogens with zero attached hydrogens (tertiary/aromatic N) is 3. The molecule has 1 aromatic carbocycles. The summed E-state index contributed by atoms with van der Waals surface area (Å²) in [5.41, 5.74) is 0.786. The lowest BCUT2D eigenvalue weighted by atomic mass is 10.1. The Morgan fingerprint density at radius 1 is 0.957 bits per heavy atom. The topological polar surface area (TPSA) is 47.5 Å². The van der Waals surface area contributed by atoms with Crippen LogP contribution >= 0.6 is 0 Å². The molecule has 0 amide bonds. The van der Waals surface area contributed by atoms with E-state index in [1.54, 1.807) is 20.5 Å². The summed E-state index contributed by atoms with van der Waals surface area (Å²) in [6.45, 7) is 10.8. The van der Waals surface area contributed by atoms with E-state index in [0.29, 0.717) is 23.3 Å². The molecule has 0 aliphatic carbocycles. The minimum Gasteiger partial charge on any atom is -0.493 e. The fraction of sp³-hybridized carbons (Fsp3) is 0.556. The van der Waals surface area contributed by atoms with Crippen molar-refractivity contribution in [1.29, 1.82) is 0 Å². The lowest BCUT2D eigenvalue weighted by Crippen LogP contribution is -2.32. The Kier molecular flexibility index (Phi) is 5.64. The molecule has 0 spiro atoms. The fourth-order valence-corrected chi connectivity index (χ4v) is 2.81. The molecule has 0 fully saturated rings. The van der Waals surface area contributed by atoms with Crippen molar-refractivity contribution in [2.24, 2.45) is 11.8 Å². The molecule has 0 atom stereocenters. The Hall–Kier alpha value is -2.04. The van der Waals surface area contributed by atoms with E-state index in [-0.39, 0.29) is 0 Å². The van der Waals surface area contributed by atoms with Crippen LogP contribution in [0.4, 0.5) is 5.82 Å². The number of rotatable bonds is 7. The Bertz CT molecular complexity index is 646. The van der Waals surface area contributed by atoms with Crippen LogP contribution in [-0.2, 0) is 0 Å². The maximum Gasteiger partial charge on any atom is 0.187 e. The molecule has 1 heterocycles. The van der Waals surface area contributed by atoms with Crippen LogP contribution in [0.5, 0.6) is 11.5 Å². The number of hydrogen-bond acceptors (Lipinski definition) is 5. The summed E-state index contributed by atoms with van der Waals surface area (Å²) in [5.74, 6) is 3.41. The SMILES string of the molecule is COc1ccc2c(N(CC(C)C)CC(C)C)ncnc2c1OC. The lowest BCUT2D eigenvalue weighted by molar-refractivity contribution is 0.358. The van der Waals surface area contributed by atoms with E-state index >= 15 is 0 Å². The van der Waals surface area contributed by atoms with Crippen LogP contribution < -0.4 is 14.4 Å². The molecular weight excluding hydrogens is 290 g/mol. The summed E-state index contributed by atoms with van der Waals surface area (Å²) in [6.07, 6.45) is 1.60. The smallest absolute Gasteiger partial charge is 0.187 e. The Labute approximate surface area is 138 Å². The van der Waals surface area contributed by atoms with Gasteiger partial charge in [-0.1, -0.05) is 27.7 Å². The van der Waals surface area contributed by atoms with Gasteiger partial charge in [-0.3, -0.25) is 0 Å². The van der Waals surface area contributed by atoms with Crippen molar-refractivity contribution in [2.75, 3.05) is 32.2 Å². The summed E-state index contributed by atoms with van der Waals surface area (Å²) in [4.78, 5) is 11.3. The largest absolute Gasteiger partial charge is 0.493 e. The summed E-state index contributed by atoms with van der Waals surface area (Å²) in [5, 5.41) is 0.992. The van der Waals surface area contributed by atoms with Crippen molar-refractivity contribution in [2.45, 2.75) is 27.7 Å². The monoisotopic (exact) mass is 317 g/mol. The van der Waals surface area contributed by atoms with E-state index in [1.165, 1.54) is 0 Å². The standard InChI is InChI=1S/C18H27N3O2/c1-12(2)9-21(10-13(3)4)18-14-7-8-15(22-5)17(23-6)16(14)19-11-20-18/h7-8,11-13H,9-10H2,1-6H3. The molecule has 0 aliphatic heterocycles. The third kappa shape index (κ3) is 3.84. The highest BCUT2D eigenvalue weighted by atomic mass is 16.5. The third-order valence-corrected chi connectivity index (χ3v) is 3.60. The predicted octanol–water partition coefficient (Wildman–Crippen LogP) is 3.77. The Morgan fingerprint density at radius 2 is 1.61 bits per heavy atom. The van der Waals surface area contributed by atoms with Gasteiger partial charge in [0.15, 0.2) is 11.5 Å². The number of anilines is 1. The van der Waals surface area contributed by atoms with Gasteiger partial charge < -0.3 is 14.4 Å². The van der Waals surface area contributed by atoms with Gasteiger partial charge in [-0.15, -0.1) is 0 Å². The van der Waals surface area contributed by atoms with Gasteiger partial charge in [-0.25, -0.2) is 9.97 Å². The van der Waals surface area contributed by atoms with Crippen LogP contribution in [0.2, 0.25) is 0 Å². The molecule has 0 saturated carbocycles. The number of methoxy groups -OCH3 is 2. The van der Waals surface area contributed by atoms with Gasteiger partial charge in [0.2, 0.25) is 0 Å². The van der Waals surface area contributed by atoms with Crippen molar-refractivity contribution in [3.8, 4) is 11.5 Å². The average Bonchev–Trinajstić information content (AvgIpc) is 2.51. The highest BCUT2D eigenvalue weighted by Gasteiger charge is 2.18. The molecule has 23 heavy (non-hydrogen) atoms. The zero-order chi connectivity index (χ0) is 17.0. The molecule has 0 N–H and O–H groups in total. The van der Waals surface area contributed by atoms with Gasteiger partial charge in [0, 0.05) is 18.5 Å². The van der Waals surface area contributed by atoms with Gasteiger partial charge in [0.1, 0.15) is 17.7 Å². The molecule has 2 rings (SSSR count). The second kappa shape index (κ2) is 7.49. The van der Waals surface area contributed by atoms with Crippen LogP contribution in [0.25, 0.3) is 10.9 Å². The molecule has 0 bridgehead atoms. The number of fused-ring (bicyclic) bond motifs is 1. The van der Waals surface area contributed by atoms with Crippen LogP contribution in [0, 0.1) is 11.8 Å². The first-order chi connectivity index (χ1) is 11.0. The first-order valence-corrected chi connectivity index (χ1v) is 8.08. The average molecular weight is 317 g/mol. The highest BCUT2D eigenvalue weighted by Crippen LogP contribution is 2.37. The molecule has 2 aromatic rings. The molecule has 5 nitrogen and oxygen atoms in total. The van der Waals surface area contributed by atoms with Crippen molar-refractivity contribution >= 4 is 16.7 Å². The number of hydrogen-bond donors (Lipinski definition) is 0. The maximum absolute atomic E-state index is 5.51. The van der Waals surface area contributed by atoms with E-state index < -0.39 is 0 Å². The Balaban J connectivity index is 2.58. The Morgan fingerprint density at radius 3 is 2.13 bits per heavy atom. The third-order valence-electron chi connectivity index (χ3n) is 3.60. The summed E-state index contributed by atoms with van der Waals surface area (Å²) < 4.78 is 10.9.